The largest absolute Gasteiger partial charge is 0.453 e. The highest BCUT2D eigenvalue weighted by molar-refractivity contribution is 5.91. The maximum absolute atomic E-state index is 13.9. The molecule has 2 aromatic heterocycles. The number of fused-ring (bicyclic) bond motifs is 1. The number of alkyl carbamates (subject to hydrolysis) is 2. The Morgan fingerprint density at radius 3 is 1.98 bits per heavy atom. The van der Waals surface area contributed by atoms with Gasteiger partial charge in [0, 0.05) is 18.2 Å². The van der Waals surface area contributed by atoms with E-state index in [-0.39, 0.29) is 41.3 Å². The zero-order valence-corrected chi connectivity index (χ0v) is 36.4. The maximum Gasteiger partial charge on any atom is 0.407 e. The number of carbonyl (C=O) groups excluding carboxylic acids is 4. The molecule has 0 unspecified atom stereocenters. The van der Waals surface area contributed by atoms with Crippen molar-refractivity contribution in [3.8, 4) is 33.6 Å². The maximum atomic E-state index is 13.9. The molecule has 1 aliphatic heterocycles. The van der Waals surface area contributed by atoms with Gasteiger partial charge in [-0.2, -0.15) is 0 Å². The number of ether oxygens (including phenoxy) is 2. The molecule has 0 bridgehead atoms. The number of hydrogen-bond acceptors (Lipinski definition) is 8. The number of aromatic nitrogens is 4. The minimum absolute atomic E-state index is 0.107. The van der Waals surface area contributed by atoms with Crippen LogP contribution in [0.1, 0.15) is 97.4 Å². The van der Waals surface area contributed by atoms with Crippen LogP contribution in [0.15, 0.2) is 73.1 Å². The number of nitrogens with one attached hydrogen (secondary N) is 4. The summed E-state index contributed by atoms with van der Waals surface area (Å²) in [6.45, 7) is 12.3. The Balaban J connectivity index is 1.05. The molecule has 0 radical (unpaired) electrons. The predicted octanol–water partition coefficient (Wildman–Crippen LogP) is 8.54. The van der Waals surface area contributed by atoms with Gasteiger partial charge in [-0.1, -0.05) is 76.2 Å². The topological polar surface area (TPSA) is 175 Å². The van der Waals surface area contributed by atoms with Crippen molar-refractivity contribution in [3.63, 3.8) is 0 Å². The first-order chi connectivity index (χ1) is 29.3. The third-order valence-corrected chi connectivity index (χ3v) is 12.4. The van der Waals surface area contributed by atoms with Gasteiger partial charge in [0.1, 0.15) is 23.7 Å². The fraction of sp³-hybridized carbons (Fsp3) is 0.447. The Morgan fingerprint density at radius 2 is 1.38 bits per heavy atom. The highest BCUT2D eigenvalue weighted by Crippen LogP contribution is 2.58. The van der Waals surface area contributed by atoms with Crippen LogP contribution in [0.2, 0.25) is 0 Å². The lowest BCUT2D eigenvalue weighted by Crippen LogP contribution is -2.51. The minimum Gasteiger partial charge on any atom is -0.453 e. The number of hydrogen-bond donors (Lipinski definition) is 4. The second-order valence-electron chi connectivity index (χ2n) is 17.1. The van der Waals surface area contributed by atoms with Crippen LogP contribution in [0.3, 0.4) is 0 Å². The van der Waals surface area contributed by atoms with Gasteiger partial charge in [0.05, 0.1) is 50.1 Å². The van der Waals surface area contributed by atoms with Crippen LogP contribution in [0.25, 0.3) is 44.4 Å². The molecule has 7 rings (SSSR count). The lowest BCUT2D eigenvalue weighted by molar-refractivity contribution is -0.138. The van der Waals surface area contributed by atoms with Crippen molar-refractivity contribution in [2.45, 2.75) is 104 Å². The quantitative estimate of drug-likeness (QED) is 0.0861. The molecule has 4 amide bonds. The van der Waals surface area contributed by atoms with Gasteiger partial charge in [0.2, 0.25) is 11.8 Å². The van der Waals surface area contributed by atoms with Gasteiger partial charge >= 0.3 is 12.2 Å². The molecule has 4 N–H and O–H groups in total. The number of aromatic amines is 2. The molecule has 1 saturated carbocycles. The van der Waals surface area contributed by atoms with Gasteiger partial charge in [-0.05, 0) is 96.9 Å². The van der Waals surface area contributed by atoms with Gasteiger partial charge in [-0.15, -0.1) is 0 Å². The monoisotopic (exact) mass is 830 g/mol. The first-order valence-corrected chi connectivity index (χ1v) is 21.3. The van der Waals surface area contributed by atoms with Crippen molar-refractivity contribution < 1.29 is 28.7 Å². The number of benzene rings is 3. The summed E-state index contributed by atoms with van der Waals surface area (Å²) < 4.78 is 9.58. The predicted molar refractivity (Wildman–Crippen MR) is 234 cm³/mol. The summed E-state index contributed by atoms with van der Waals surface area (Å²) in [5, 5.41) is 7.61. The fourth-order valence-electron chi connectivity index (χ4n) is 8.70. The van der Waals surface area contributed by atoms with Gasteiger partial charge in [-0.3, -0.25) is 9.59 Å². The van der Waals surface area contributed by atoms with Crippen LogP contribution in [0.4, 0.5) is 9.59 Å². The van der Waals surface area contributed by atoms with E-state index in [1.807, 2.05) is 52.6 Å². The highest BCUT2D eigenvalue weighted by Gasteiger charge is 2.55. The third-order valence-electron chi connectivity index (χ3n) is 12.4. The Morgan fingerprint density at radius 1 is 0.787 bits per heavy atom. The fourth-order valence-corrected chi connectivity index (χ4v) is 8.70. The zero-order chi connectivity index (χ0) is 43.6. The van der Waals surface area contributed by atoms with E-state index in [1.165, 1.54) is 14.2 Å². The van der Waals surface area contributed by atoms with Crippen LogP contribution in [-0.2, 0) is 19.1 Å². The van der Waals surface area contributed by atoms with Crippen molar-refractivity contribution in [3.05, 3.63) is 84.7 Å². The van der Waals surface area contributed by atoms with Crippen molar-refractivity contribution in [1.82, 2.24) is 40.4 Å². The van der Waals surface area contributed by atoms with Crippen molar-refractivity contribution in [2.75, 3.05) is 20.8 Å². The Kier molecular flexibility index (Phi) is 12.5. The summed E-state index contributed by atoms with van der Waals surface area (Å²) in [5.41, 5.74) is 5.98. The number of carbonyl (C=O) groups is 4. The molecule has 5 aromatic rings. The second-order valence-corrected chi connectivity index (χ2v) is 17.1. The van der Waals surface area contributed by atoms with Gasteiger partial charge in [0.15, 0.2) is 0 Å². The summed E-state index contributed by atoms with van der Waals surface area (Å²) in [6.07, 6.45) is 6.47. The Bertz CT molecular complexity index is 2380. The first-order valence-electron chi connectivity index (χ1n) is 21.3. The Labute approximate surface area is 357 Å². The van der Waals surface area contributed by atoms with E-state index >= 15 is 0 Å². The summed E-state index contributed by atoms with van der Waals surface area (Å²) in [6, 6.07) is 19.1. The molecule has 61 heavy (non-hydrogen) atoms. The summed E-state index contributed by atoms with van der Waals surface area (Å²) in [4.78, 5) is 71.9. The molecule has 3 aromatic carbocycles. The van der Waals surface area contributed by atoms with Crippen LogP contribution in [-0.4, -0.2) is 92.6 Å². The van der Waals surface area contributed by atoms with E-state index in [2.05, 4.69) is 81.3 Å². The van der Waals surface area contributed by atoms with E-state index in [9.17, 15) is 19.2 Å². The number of imidazole rings is 2. The molecule has 1 spiro atoms. The van der Waals surface area contributed by atoms with Crippen LogP contribution >= 0.6 is 0 Å². The standard InChI is InChI=1S/C47H58N8O6/c1-9-35(52-45(58)60-7)43(56)55(28(5)6)38(10-2)41-48-24-36(50-41)30-13-11-29(12-14-30)31-15-16-33-22-34(18-17-32(33)21-31)37-25-49-42(51-37)39-23-47(19-20-47)26-54(39)44(57)40(27(3)4)53-46(59)61-8/h11-18,21-22,24-25,27-28,35,38-40H,9-10,19-20,23,26H2,1-8H3,(H,48,50)(H,49,51)(H,52,58)(H,53,59)/t35-,38-,39-,40-/m0/s1. The van der Waals surface area contributed by atoms with Crippen molar-refractivity contribution >= 4 is 34.8 Å². The van der Waals surface area contributed by atoms with Gasteiger partial charge in [-0.25, -0.2) is 19.6 Å². The van der Waals surface area contributed by atoms with Crippen molar-refractivity contribution in [2.24, 2.45) is 11.3 Å². The molecular weight excluding hydrogens is 773 g/mol. The molecule has 3 heterocycles. The lowest BCUT2D eigenvalue weighted by atomic mass is 9.98. The molecule has 1 saturated heterocycles. The van der Waals surface area contributed by atoms with Crippen LogP contribution in [0, 0.1) is 11.3 Å². The molecular formula is C47H58N8O6. The summed E-state index contributed by atoms with van der Waals surface area (Å²) in [7, 11) is 2.59. The number of methoxy groups -OCH3 is 2. The zero-order valence-electron chi connectivity index (χ0n) is 36.4. The molecule has 322 valence electrons. The van der Waals surface area contributed by atoms with Gasteiger partial charge < -0.3 is 39.9 Å². The third kappa shape index (κ3) is 8.99. The smallest absolute Gasteiger partial charge is 0.407 e. The van der Waals surface area contributed by atoms with Gasteiger partial charge in [0.25, 0.3) is 0 Å². The average Bonchev–Trinajstić information content (AvgIpc) is 3.59. The van der Waals surface area contributed by atoms with Crippen LogP contribution < -0.4 is 10.6 Å². The highest BCUT2D eigenvalue weighted by atomic mass is 16.5. The van der Waals surface area contributed by atoms with E-state index in [4.69, 9.17) is 19.4 Å². The minimum atomic E-state index is -0.709. The van der Waals surface area contributed by atoms with E-state index in [1.54, 1.807) is 11.1 Å². The van der Waals surface area contributed by atoms with E-state index in [0.29, 0.717) is 25.2 Å². The molecule has 14 nitrogen and oxygen atoms in total. The lowest BCUT2D eigenvalue weighted by Gasteiger charge is -2.36. The van der Waals surface area contributed by atoms with Crippen molar-refractivity contribution in [1.29, 1.82) is 0 Å². The summed E-state index contributed by atoms with van der Waals surface area (Å²) in [5.74, 6) is 1.04. The van der Waals surface area contributed by atoms with E-state index in [0.717, 1.165) is 69.5 Å². The molecule has 2 aliphatic rings. The number of amides is 4. The molecule has 4 atom stereocenters. The number of likely N-dealkylation sites (tertiary alicyclic amines) is 1. The number of H-pyrrole nitrogens is 2. The second kappa shape index (κ2) is 17.8. The molecule has 14 heteroatoms. The Hall–Kier alpha value is -6.18. The molecule has 1 aliphatic carbocycles. The average molecular weight is 831 g/mol. The molecule has 2 fully saturated rings. The normalized spacial score (nSPS) is 17.0. The van der Waals surface area contributed by atoms with Crippen LogP contribution in [0.5, 0.6) is 0 Å². The SMILES string of the molecule is CC[C@H](NC(=O)OC)C(=O)N(C(C)C)[C@@H](CC)c1ncc(-c2ccc(-c3ccc4cc(-c5cnc([C@@H]6CC7(CC7)CN6C(=O)[C@@H](NC(=O)OC)C(C)C)[nH]5)ccc4c3)cc2)[nH]1. The van der Waals surface area contributed by atoms with E-state index < -0.39 is 24.3 Å². The number of nitrogens with zero attached hydrogens (tertiary/aromatic N) is 4. The number of rotatable bonds is 14. The summed E-state index contributed by atoms with van der Waals surface area (Å²) >= 11 is 0. The first kappa shape index (κ1) is 42.9.